The number of allylic oxidation sites excluding steroid dienone is 1. The first-order valence-corrected chi connectivity index (χ1v) is 13.2. The highest BCUT2D eigenvalue weighted by Crippen LogP contribution is 2.67. The fraction of sp³-hybridized carbons (Fsp3) is 0.633. The molecule has 1 aromatic carbocycles. The molecule has 4 fully saturated rings. The molecule has 2 N–H and O–H groups in total. The van der Waals surface area contributed by atoms with Crippen LogP contribution in [0.2, 0.25) is 0 Å². The molecule has 5 nitrogen and oxygen atoms in total. The largest absolute Gasteiger partial charge is 0.385 e. The molecule has 0 radical (unpaired) electrons. The van der Waals surface area contributed by atoms with E-state index in [0.717, 1.165) is 44.0 Å². The highest BCUT2D eigenvalue weighted by Gasteiger charge is 2.64. The van der Waals surface area contributed by atoms with Gasteiger partial charge in [-0.1, -0.05) is 42.7 Å². The Balaban J connectivity index is 1.49. The van der Waals surface area contributed by atoms with Crippen LogP contribution in [-0.4, -0.2) is 46.7 Å². The van der Waals surface area contributed by atoms with Gasteiger partial charge >= 0.3 is 0 Å². The second-order valence-corrected chi connectivity index (χ2v) is 11.7. The van der Waals surface area contributed by atoms with Crippen molar-refractivity contribution < 1.29 is 24.5 Å². The Kier molecular flexibility index (Phi) is 5.37. The highest BCUT2D eigenvalue weighted by molar-refractivity contribution is 5.74. The maximum atomic E-state index is 12.1. The van der Waals surface area contributed by atoms with E-state index in [9.17, 15) is 15.0 Å². The lowest BCUT2D eigenvalue weighted by Crippen LogP contribution is -2.55. The van der Waals surface area contributed by atoms with Crippen molar-refractivity contribution in [1.29, 1.82) is 0 Å². The fourth-order valence-corrected chi connectivity index (χ4v) is 8.54. The third-order valence-corrected chi connectivity index (χ3v) is 10.2. The molecular formula is C30H36O5. The number of rotatable bonds is 2. The average molecular weight is 477 g/mol. The Morgan fingerprint density at radius 2 is 1.80 bits per heavy atom. The maximum Gasteiger partial charge on any atom is 0.171 e. The molecule has 35 heavy (non-hydrogen) atoms. The summed E-state index contributed by atoms with van der Waals surface area (Å²) in [5.41, 5.74) is 2.12. The van der Waals surface area contributed by atoms with E-state index < -0.39 is 17.0 Å². The van der Waals surface area contributed by atoms with Gasteiger partial charge in [0.25, 0.3) is 0 Å². The van der Waals surface area contributed by atoms with Gasteiger partial charge in [0.15, 0.2) is 5.79 Å². The number of hydrogen-bond donors (Lipinski definition) is 2. The van der Waals surface area contributed by atoms with Gasteiger partial charge in [0.2, 0.25) is 0 Å². The zero-order chi connectivity index (χ0) is 24.5. The Hall–Kier alpha value is -1.97. The molecule has 1 aliphatic heterocycles. The molecule has 5 aliphatic rings. The summed E-state index contributed by atoms with van der Waals surface area (Å²) in [5, 5.41) is 23.8. The zero-order valence-electron chi connectivity index (χ0n) is 20.8. The van der Waals surface area contributed by atoms with Crippen LogP contribution >= 0.6 is 0 Å². The van der Waals surface area contributed by atoms with E-state index in [-0.39, 0.29) is 11.3 Å². The van der Waals surface area contributed by atoms with E-state index in [1.165, 1.54) is 11.1 Å². The van der Waals surface area contributed by atoms with Crippen molar-refractivity contribution in [2.45, 2.75) is 88.1 Å². The van der Waals surface area contributed by atoms with Gasteiger partial charge in [0, 0.05) is 29.7 Å². The minimum atomic E-state index is -1.00. The first kappa shape index (κ1) is 23.4. The molecule has 0 amide bonds. The first-order chi connectivity index (χ1) is 16.8. The van der Waals surface area contributed by atoms with Gasteiger partial charge in [-0.05, 0) is 68.4 Å². The number of carbonyl (C=O) groups is 1. The van der Waals surface area contributed by atoms with Crippen LogP contribution in [0.1, 0.15) is 87.1 Å². The number of fused-ring (bicyclic) bond motifs is 4. The molecule has 6 atom stereocenters. The molecule has 1 saturated heterocycles. The van der Waals surface area contributed by atoms with E-state index >= 15 is 0 Å². The number of benzene rings is 1. The van der Waals surface area contributed by atoms with Crippen molar-refractivity contribution >= 4 is 6.29 Å². The molecular weight excluding hydrogens is 440 g/mol. The Bertz CT molecular complexity index is 1120. The summed E-state index contributed by atoms with van der Waals surface area (Å²) in [6.45, 7) is 5.23. The topological polar surface area (TPSA) is 76.0 Å². The molecule has 0 aromatic heterocycles. The lowest BCUT2D eigenvalue weighted by Gasteiger charge is -2.57. The Morgan fingerprint density at radius 1 is 1.06 bits per heavy atom. The van der Waals surface area contributed by atoms with Crippen molar-refractivity contribution in [3.8, 4) is 11.8 Å². The second kappa shape index (κ2) is 8.02. The van der Waals surface area contributed by atoms with Crippen LogP contribution in [0.25, 0.3) is 0 Å². The monoisotopic (exact) mass is 476 g/mol. The normalized spacial score (nSPS) is 41.5. The molecule has 0 bridgehead atoms. The first-order valence-electron chi connectivity index (χ1n) is 13.2. The molecule has 5 heteroatoms. The molecule has 1 spiro atoms. The third kappa shape index (κ3) is 3.34. The number of aliphatic hydroxyl groups is 2. The molecule has 4 aliphatic carbocycles. The van der Waals surface area contributed by atoms with Crippen molar-refractivity contribution in [2.75, 3.05) is 13.2 Å². The van der Waals surface area contributed by atoms with Gasteiger partial charge in [-0.25, -0.2) is 0 Å². The summed E-state index contributed by atoms with van der Waals surface area (Å²) in [7, 11) is 0. The van der Waals surface area contributed by atoms with Gasteiger partial charge in [-0.15, -0.1) is 5.92 Å². The predicted octanol–water partition coefficient (Wildman–Crippen LogP) is 4.52. The van der Waals surface area contributed by atoms with Crippen LogP contribution in [0.3, 0.4) is 0 Å². The summed E-state index contributed by atoms with van der Waals surface area (Å²) in [5.74, 6) is 6.28. The maximum absolute atomic E-state index is 12.1. The number of carbonyl (C=O) groups excluding carboxylic acids is 1. The van der Waals surface area contributed by atoms with Gasteiger partial charge in [-0.3, -0.25) is 4.79 Å². The molecule has 1 aromatic rings. The van der Waals surface area contributed by atoms with Gasteiger partial charge in [0.05, 0.1) is 18.8 Å². The second-order valence-electron chi connectivity index (χ2n) is 11.7. The lowest BCUT2D eigenvalue weighted by atomic mass is 9.49. The van der Waals surface area contributed by atoms with Crippen molar-refractivity contribution in [3.63, 3.8) is 0 Å². The minimum Gasteiger partial charge on any atom is -0.385 e. The number of aldehydes is 1. The zero-order valence-corrected chi connectivity index (χ0v) is 20.8. The molecule has 6 unspecified atom stereocenters. The summed E-state index contributed by atoms with van der Waals surface area (Å²) in [6.07, 6.45) is 6.94. The van der Waals surface area contributed by atoms with Crippen LogP contribution in [0.5, 0.6) is 0 Å². The summed E-state index contributed by atoms with van der Waals surface area (Å²) in [6, 6.07) is 7.89. The van der Waals surface area contributed by atoms with E-state index in [4.69, 9.17) is 9.47 Å². The SMILES string of the molecule is CC#CC1(O)CCC2C3CCC4(O)CC5(CCC4=C3C(c3ccc(C=O)cc3)CC21C)OCCO5. The van der Waals surface area contributed by atoms with Gasteiger partial charge in [0.1, 0.15) is 11.9 Å². The third-order valence-electron chi connectivity index (χ3n) is 10.2. The van der Waals surface area contributed by atoms with Crippen LogP contribution in [-0.2, 0) is 9.47 Å². The van der Waals surface area contributed by atoms with E-state index in [0.29, 0.717) is 49.9 Å². The minimum absolute atomic E-state index is 0.0755. The smallest absolute Gasteiger partial charge is 0.171 e. The molecule has 6 rings (SSSR count). The Morgan fingerprint density at radius 3 is 2.49 bits per heavy atom. The molecule has 1 heterocycles. The highest BCUT2D eigenvalue weighted by atomic mass is 16.7. The molecule has 3 saturated carbocycles. The van der Waals surface area contributed by atoms with Crippen molar-refractivity contribution in [2.24, 2.45) is 17.3 Å². The van der Waals surface area contributed by atoms with Crippen molar-refractivity contribution in [1.82, 2.24) is 0 Å². The standard InChI is InChI=1S/C30H36O5/c1-3-11-29(33)13-9-24-22-8-12-28(32)19-30(34-15-16-35-30)14-10-25(28)26(22)23(17-27(24,29)2)21-6-4-20(18-31)5-7-21/h4-7,18,22-24,32-33H,8-10,12-17,19H2,1-2H3. The van der Waals surface area contributed by atoms with Crippen LogP contribution in [0.15, 0.2) is 35.4 Å². The van der Waals surface area contributed by atoms with Crippen molar-refractivity contribution in [3.05, 3.63) is 46.5 Å². The van der Waals surface area contributed by atoms with E-state index in [1.807, 2.05) is 19.1 Å². The van der Waals surface area contributed by atoms with Crippen LogP contribution < -0.4 is 0 Å². The number of hydrogen-bond acceptors (Lipinski definition) is 5. The van der Waals surface area contributed by atoms with Crippen LogP contribution in [0.4, 0.5) is 0 Å². The lowest BCUT2D eigenvalue weighted by molar-refractivity contribution is -0.208. The quantitative estimate of drug-likeness (QED) is 0.373. The van der Waals surface area contributed by atoms with Crippen LogP contribution in [0, 0.1) is 29.1 Å². The predicted molar refractivity (Wildman–Crippen MR) is 132 cm³/mol. The van der Waals surface area contributed by atoms with E-state index in [1.54, 1.807) is 0 Å². The average Bonchev–Trinajstić information content (AvgIpc) is 3.40. The number of ether oxygens (including phenoxy) is 2. The van der Waals surface area contributed by atoms with E-state index in [2.05, 4.69) is 30.9 Å². The summed E-state index contributed by atoms with van der Waals surface area (Å²) >= 11 is 0. The fourth-order valence-electron chi connectivity index (χ4n) is 8.54. The van der Waals surface area contributed by atoms with Gasteiger partial charge < -0.3 is 19.7 Å². The molecule has 186 valence electrons. The summed E-state index contributed by atoms with van der Waals surface area (Å²) < 4.78 is 12.0. The van der Waals surface area contributed by atoms with Gasteiger partial charge in [-0.2, -0.15) is 0 Å². The summed E-state index contributed by atoms with van der Waals surface area (Å²) in [4.78, 5) is 11.3. The Labute approximate surface area is 207 Å².